The van der Waals surface area contributed by atoms with E-state index in [4.69, 9.17) is 0 Å². The highest BCUT2D eigenvalue weighted by atomic mass is 16.3. The molecular formula is C46H40N2O6. The third-order valence-corrected chi connectivity index (χ3v) is 11.0. The number of amides is 2. The van der Waals surface area contributed by atoms with E-state index < -0.39 is 10.8 Å². The number of phenols is 4. The van der Waals surface area contributed by atoms with Crippen molar-refractivity contribution in [2.75, 3.05) is 22.9 Å². The van der Waals surface area contributed by atoms with Gasteiger partial charge in [-0.1, -0.05) is 97.8 Å². The molecule has 2 aliphatic heterocycles. The fourth-order valence-corrected chi connectivity index (χ4v) is 8.54. The Hall–Kier alpha value is -6.54. The molecule has 8 nitrogen and oxygen atoms in total. The molecule has 0 saturated heterocycles. The van der Waals surface area contributed by atoms with Gasteiger partial charge in [-0.3, -0.25) is 9.59 Å². The molecule has 0 bridgehead atoms. The number of hydrogen-bond acceptors (Lipinski definition) is 6. The van der Waals surface area contributed by atoms with Crippen LogP contribution >= 0.6 is 0 Å². The van der Waals surface area contributed by atoms with Crippen molar-refractivity contribution in [2.24, 2.45) is 0 Å². The standard InChI is InChI=1S/C46H40N2O6/c49-35-21-13-31(14-22-35)45(32-15-23-36(50)24-16-32)39-9-3-5-11-41(39)47(43(45)53)29-7-1-2-8-30-48-42-12-6-4-10-40(42)46(44(48)54,33-17-25-37(51)26-18-33)34-19-27-38(52)28-20-34/h3-6,9-28,49-52H,1-2,7-8,29-30H2. The van der Waals surface area contributed by atoms with E-state index in [0.29, 0.717) is 13.1 Å². The number of fused-ring (bicyclic) bond motifs is 2. The molecule has 0 unspecified atom stereocenters. The quantitative estimate of drug-likeness (QED) is 0.101. The molecule has 54 heavy (non-hydrogen) atoms. The van der Waals surface area contributed by atoms with Gasteiger partial charge in [-0.15, -0.1) is 0 Å². The first-order valence-corrected chi connectivity index (χ1v) is 18.3. The smallest absolute Gasteiger partial charge is 0.246 e. The third kappa shape index (κ3) is 5.45. The number of anilines is 2. The summed E-state index contributed by atoms with van der Waals surface area (Å²) in [6, 6.07) is 42.7. The predicted octanol–water partition coefficient (Wildman–Crippen LogP) is 8.13. The Balaban J connectivity index is 1.01. The largest absolute Gasteiger partial charge is 0.508 e. The zero-order valence-corrected chi connectivity index (χ0v) is 29.6. The van der Waals surface area contributed by atoms with Crippen molar-refractivity contribution in [1.82, 2.24) is 0 Å². The molecule has 0 spiro atoms. The van der Waals surface area contributed by atoms with Crippen molar-refractivity contribution < 1.29 is 30.0 Å². The van der Waals surface area contributed by atoms with Crippen LogP contribution in [0, 0.1) is 0 Å². The number of nitrogens with zero attached hydrogens (tertiary/aromatic N) is 2. The van der Waals surface area contributed by atoms with Crippen LogP contribution in [0.25, 0.3) is 0 Å². The van der Waals surface area contributed by atoms with Gasteiger partial charge >= 0.3 is 0 Å². The average molecular weight is 717 g/mol. The molecule has 2 aliphatic rings. The van der Waals surface area contributed by atoms with Crippen LogP contribution < -0.4 is 9.80 Å². The van der Waals surface area contributed by atoms with Crippen LogP contribution in [0.15, 0.2) is 146 Å². The normalized spacial score (nSPS) is 15.3. The van der Waals surface area contributed by atoms with E-state index in [9.17, 15) is 30.0 Å². The van der Waals surface area contributed by atoms with Gasteiger partial charge in [-0.2, -0.15) is 0 Å². The summed E-state index contributed by atoms with van der Waals surface area (Å²) < 4.78 is 0. The molecule has 0 aromatic heterocycles. The number of aromatic hydroxyl groups is 4. The predicted molar refractivity (Wildman–Crippen MR) is 208 cm³/mol. The van der Waals surface area contributed by atoms with Crippen LogP contribution in [-0.4, -0.2) is 45.3 Å². The van der Waals surface area contributed by atoms with Crippen molar-refractivity contribution in [3.05, 3.63) is 179 Å². The summed E-state index contributed by atoms with van der Waals surface area (Å²) in [5.74, 6) is 0.279. The summed E-state index contributed by atoms with van der Waals surface area (Å²) >= 11 is 0. The number of carbonyl (C=O) groups excluding carboxylic acids is 2. The van der Waals surface area contributed by atoms with Gasteiger partial charge in [0.1, 0.15) is 33.8 Å². The van der Waals surface area contributed by atoms with Crippen LogP contribution in [0.1, 0.15) is 59.1 Å². The number of unbranched alkanes of at least 4 members (excludes halogenated alkanes) is 3. The molecule has 0 fully saturated rings. The molecule has 6 aromatic carbocycles. The average Bonchev–Trinajstić information content (AvgIpc) is 3.59. The minimum absolute atomic E-state index is 0.0841. The lowest BCUT2D eigenvalue weighted by atomic mass is 9.70. The van der Waals surface area contributed by atoms with E-state index in [-0.39, 0.29) is 34.8 Å². The van der Waals surface area contributed by atoms with Gasteiger partial charge in [0.2, 0.25) is 11.8 Å². The van der Waals surface area contributed by atoms with Crippen LogP contribution in [0.3, 0.4) is 0 Å². The summed E-state index contributed by atoms with van der Waals surface area (Å²) in [6.45, 7) is 1.01. The van der Waals surface area contributed by atoms with E-state index in [1.807, 2.05) is 58.3 Å². The van der Waals surface area contributed by atoms with Gasteiger partial charge in [0.25, 0.3) is 0 Å². The van der Waals surface area contributed by atoms with Crippen LogP contribution in [0.5, 0.6) is 23.0 Å². The van der Waals surface area contributed by atoms with E-state index in [1.54, 1.807) is 97.1 Å². The monoisotopic (exact) mass is 716 g/mol. The molecule has 0 aliphatic carbocycles. The van der Waals surface area contributed by atoms with Gasteiger partial charge in [0.05, 0.1) is 0 Å². The zero-order valence-electron chi connectivity index (χ0n) is 29.6. The molecule has 8 heteroatoms. The Morgan fingerprint density at radius 1 is 0.370 bits per heavy atom. The molecule has 4 N–H and O–H groups in total. The Kier molecular flexibility index (Phi) is 8.82. The second-order valence-electron chi connectivity index (χ2n) is 14.0. The maximum atomic E-state index is 14.8. The van der Waals surface area contributed by atoms with Gasteiger partial charge in [-0.25, -0.2) is 0 Å². The third-order valence-electron chi connectivity index (χ3n) is 11.0. The first-order chi connectivity index (χ1) is 26.3. The van der Waals surface area contributed by atoms with Gasteiger partial charge in [-0.05, 0) is 95.8 Å². The first-order valence-electron chi connectivity index (χ1n) is 18.3. The summed E-state index contributed by atoms with van der Waals surface area (Å²) in [5, 5.41) is 40.4. The lowest BCUT2D eigenvalue weighted by molar-refractivity contribution is -0.121. The SMILES string of the molecule is O=C1N(CCCCCCN2C(=O)C(c3ccc(O)cc3)(c3ccc(O)cc3)c3ccccc32)c2ccccc2C1(c1ccc(O)cc1)c1ccc(O)cc1. The Bertz CT molecular complexity index is 2060. The van der Waals surface area contributed by atoms with E-state index in [0.717, 1.165) is 70.4 Å². The number of carbonyl (C=O) groups is 2. The van der Waals surface area contributed by atoms with Gasteiger partial charge in [0.15, 0.2) is 0 Å². The summed E-state index contributed by atoms with van der Waals surface area (Å²) in [6.07, 6.45) is 3.16. The lowest BCUT2D eigenvalue weighted by Crippen LogP contribution is -2.42. The minimum atomic E-state index is -1.15. The number of rotatable bonds is 11. The Morgan fingerprint density at radius 2 is 0.648 bits per heavy atom. The number of benzene rings is 6. The maximum absolute atomic E-state index is 14.8. The number of para-hydroxylation sites is 2. The highest BCUT2D eigenvalue weighted by Crippen LogP contribution is 2.52. The summed E-state index contributed by atoms with van der Waals surface area (Å²) in [5.41, 5.74) is 4.01. The van der Waals surface area contributed by atoms with Crippen LogP contribution in [-0.2, 0) is 20.4 Å². The maximum Gasteiger partial charge on any atom is 0.246 e. The topological polar surface area (TPSA) is 122 Å². The van der Waals surface area contributed by atoms with Crippen LogP contribution in [0.4, 0.5) is 11.4 Å². The van der Waals surface area contributed by atoms with Crippen molar-refractivity contribution in [1.29, 1.82) is 0 Å². The molecule has 0 saturated carbocycles. The summed E-state index contributed by atoms with van der Waals surface area (Å²) in [7, 11) is 0. The molecule has 8 rings (SSSR count). The highest BCUT2D eigenvalue weighted by molar-refractivity contribution is 6.14. The number of phenolic OH excluding ortho intramolecular Hbond substituents is 4. The van der Waals surface area contributed by atoms with E-state index in [1.165, 1.54) is 0 Å². The van der Waals surface area contributed by atoms with Crippen molar-refractivity contribution in [2.45, 2.75) is 36.5 Å². The fraction of sp³-hybridized carbons (Fsp3) is 0.174. The van der Waals surface area contributed by atoms with Gasteiger partial charge < -0.3 is 30.2 Å². The van der Waals surface area contributed by atoms with E-state index in [2.05, 4.69) is 0 Å². The molecule has 2 amide bonds. The van der Waals surface area contributed by atoms with Crippen molar-refractivity contribution in [3.8, 4) is 23.0 Å². The highest BCUT2D eigenvalue weighted by Gasteiger charge is 2.54. The fourth-order valence-electron chi connectivity index (χ4n) is 8.54. The molecule has 0 atom stereocenters. The van der Waals surface area contributed by atoms with Gasteiger partial charge in [0, 0.05) is 35.6 Å². The molecule has 6 aromatic rings. The second kappa shape index (κ2) is 13.8. The lowest BCUT2D eigenvalue weighted by Gasteiger charge is -2.30. The molecule has 2 heterocycles. The second-order valence-corrected chi connectivity index (χ2v) is 14.0. The Labute approximate surface area is 313 Å². The molecular weight excluding hydrogens is 677 g/mol. The van der Waals surface area contributed by atoms with E-state index >= 15 is 0 Å². The van der Waals surface area contributed by atoms with Crippen LogP contribution in [0.2, 0.25) is 0 Å². The zero-order chi connectivity index (χ0) is 37.5. The molecule has 0 radical (unpaired) electrons. The minimum Gasteiger partial charge on any atom is -0.508 e. The Morgan fingerprint density at radius 3 is 0.944 bits per heavy atom. The first kappa shape index (κ1) is 34.5. The summed E-state index contributed by atoms with van der Waals surface area (Å²) in [4.78, 5) is 33.2. The van der Waals surface area contributed by atoms with Crippen molar-refractivity contribution >= 4 is 23.2 Å². The van der Waals surface area contributed by atoms with Crippen molar-refractivity contribution in [3.63, 3.8) is 0 Å². The number of hydrogen-bond donors (Lipinski definition) is 4. The molecule has 270 valence electrons.